The molecule has 0 saturated heterocycles. The number of hydrogen-bond donors (Lipinski definition) is 0. The van der Waals surface area contributed by atoms with E-state index in [1.807, 2.05) is 0 Å². The fourth-order valence-corrected chi connectivity index (χ4v) is 0.279. The Balaban J connectivity index is 2.38. The van der Waals surface area contributed by atoms with Crippen molar-refractivity contribution in [1.82, 2.24) is 0 Å². The summed E-state index contributed by atoms with van der Waals surface area (Å²) in [5.41, 5.74) is 0. The highest BCUT2D eigenvalue weighted by Crippen LogP contribution is 1.91. The van der Waals surface area contributed by atoms with Gasteiger partial charge in [0.1, 0.15) is 6.61 Å². The smallest absolute Gasteiger partial charge is 0.219 e. The average Bonchev–Trinajstić information content (AvgIpc) is 1.86. The van der Waals surface area contributed by atoms with Crippen LogP contribution in [0.2, 0.25) is 0 Å². The van der Waals surface area contributed by atoms with Gasteiger partial charge in [-0.25, -0.2) is 10.1 Å². The van der Waals surface area contributed by atoms with Crippen LogP contribution in [-0.2, 0) is 9.84 Å². The highest BCUT2D eigenvalue weighted by Gasteiger charge is 2.05. The molecule has 0 aliphatic carbocycles. The summed E-state index contributed by atoms with van der Waals surface area (Å²) < 4.78 is 4.45. The maximum absolute atomic E-state index is 10.0. The van der Waals surface area contributed by atoms with Crippen molar-refractivity contribution in [3.8, 4) is 0 Å². The van der Waals surface area contributed by atoms with Gasteiger partial charge in [0.15, 0.2) is 6.40 Å². The van der Waals surface area contributed by atoms with Crippen molar-refractivity contribution in [3.63, 3.8) is 0 Å². The molecule has 1 radical (unpaired) electrons. The molecular weight excluding hydrogens is 82.0 g/mol. The molecule has 0 amide bonds. The minimum Gasteiger partial charge on any atom is -0.478 e. The lowest BCUT2D eigenvalue weighted by Gasteiger charge is -1.84. The quantitative estimate of drug-likeness (QED) is 0.402. The summed E-state index contributed by atoms with van der Waals surface area (Å²) >= 11 is 0. The number of aliphatic imine (C=N–C) groups is 1. The van der Waals surface area contributed by atoms with E-state index < -0.39 is 6.23 Å². The Hall–Kier alpha value is -0.570. The first kappa shape index (κ1) is 3.61. The zero-order valence-corrected chi connectivity index (χ0v) is 3.13. The van der Waals surface area contributed by atoms with E-state index in [1.165, 1.54) is 6.40 Å². The third-order valence-electron chi connectivity index (χ3n) is 0.540. The number of nitrogens with zero attached hydrogens (tertiary/aromatic N) is 1. The Morgan fingerprint density at radius 3 is 3.00 bits per heavy atom. The first-order valence-electron chi connectivity index (χ1n) is 1.68. The van der Waals surface area contributed by atoms with Crippen LogP contribution in [0, 0.1) is 0 Å². The molecule has 33 valence electrons. The summed E-state index contributed by atoms with van der Waals surface area (Å²) in [6.07, 6.45) is 0.336. The van der Waals surface area contributed by atoms with Gasteiger partial charge in [0.25, 0.3) is 0 Å². The first-order valence-corrected chi connectivity index (χ1v) is 1.68. The van der Waals surface area contributed by atoms with Crippen molar-refractivity contribution < 1.29 is 9.84 Å². The van der Waals surface area contributed by atoms with Crippen LogP contribution < -0.4 is 0 Å². The molecule has 0 aromatic heterocycles. The summed E-state index contributed by atoms with van der Waals surface area (Å²) in [6.45, 7) is 0.208. The molecule has 0 saturated carbocycles. The summed E-state index contributed by atoms with van der Waals surface area (Å²) in [4.78, 5) is 3.33. The zero-order valence-electron chi connectivity index (χ0n) is 3.13. The highest BCUT2D eigenvalue weighted by atomic mass is 16.5. The van der Waals surface area contributed by atoms with Gasteiger partial charge in [0.2, 0.25) is 6.23 Å². The minimum absolute atomic E-state index is 0.208. The number of ether oxygens (including phenoxy) is 1. The predicted octanol–water partition coefficient (Wildman–Crippen LogP) is -0.199. The van der Waals surface area contributed by atoms with E-state index >= 15 is 0 Å². The van der Waals surface area contributed by atoms with Gasteiger partial charge in [-0.1, -0.05) is 0 Å². The SMILES string of the molecule is [O]C1COC=N1. The summed E-state index contributed by atoms with van der Waals surface area (Å²) in [7, 11) is 0. The Kier molecular flexibility index (Phi) is 0.759. The Labute approximate surface area is 35.3 Å². The average molecular weight is 86.1 g/mol. The van der Waals surface area contributed by atoms with Gasteiger partial charge < -0.3 is 4.74 Å². The van der Waals surface area contributed by atoms with Gasteiger partial charge in [-0.3, -0.25) is 0 Å². The molecular formula is C3H4NO2. The first-order chi connectivity index (χ1) is 2.89. The molecule has 0 aromatic rings. The van der Waals surface area contributed by atoms with E-state index in [2.05, 4.69) is 9.73 Å². The predicted molar refractivity (Wildman–Crippen MR) is 18.9 cm³/mol. The molecule has 1 heterocycles. The second kappa shape index (κ2) is 1.26. The van der Waals surface area contributed by atoms with E-state index in [9.17, 15) is 5.11 Å². The lowest BCUT2D eigenvalue weighted by Crippen LogP contribution is -1.99. The highest BCUT2D eigenvalue weighted by molar-refractivity contribution is 5.48. The molecule has 0 bridgehead atoms. The molecule has 0 N–H and O–H groups in total. The van der Waals surface area contributed by atoms with Crippen LogP contribution in [0.3, 0.4) is 0 Å². The summed E-state index contributed by atoms with van der Waals surface area (Å²) in [5.74, 6) is 0. The van der Waals surface area contributed by atoms with Crippen molar-refractivity contribution >= 4 is 6.40 Å². The largest absolute Gasteiger partial charge is 0.478 e. The molecule has 0 aromatic carbocycles. The third-order valence-corrected chi connectivity index (χ3v) is 0.540. The summed E-state index contributed by atoms with van der Waals surface area (Å²) in [6, 6.07) is 0. The van der Waals surface area contributed by atoms with E-state index in [1.54, 1.807) is 0 Å². The van der Waals surface area contributed by atoms with Gasteiger partial charge >= 0.3 is 0 Å². The van der Waals surface area contributed by atoms with Crippen LogP contribution in [0.25, 0.3) is 0 Å². The summed E-state index contributed by atoms with van der Waals surface area (Å²) in [5, 5.41) is 10.0. The van der Waals surface area contributed by atoms with Crippen molar-refractivity contribution in [2.45, 2.75) is 6.23 Å². The van der Waals surface area contributed by atoms with Gasteiger partial charge in [0.05, 0.1) is 0 Å². The molecule has 1 aliphatic rings. The number of hydrogen-bond acceptors (Lipinski definition) is 2. The Morgan fingerprint density at radius 2 is 2.83 bits per heavy atom. The van der Waals surface area contributed by atoms with Crippen molar-refractivity contribution in [3.05, 3.63) is 0 Å². The normalized spacial score (nSPS) is 30.5. The molecule has 1 aliphatic heterocycles. The van der Waals surface area contributed by atoms with E-state index in [0.29, 0.717) is 0 Å². The molecule has 0 fully saturated rings. The molecule has 6 heavy (non-hydrogen) atoms. The lowest BCUT2D eigenvalue weighted by atomic mass is 10.7. The second-order valence-corrected chi connectivity index (χ2v) is 1.04. The van der Waals surface area contributed by atoms with E-state index in [-0.39, 0.29) is 6.61 Å². The zero-order chi connectivity index (χ0) is 4.41. The molecule has 3 heteroatoms. The molecule has 1 unspecified atom stereocenters. The Bertz CT molecular complexity index is 71.2. The van der Waals surface area contributed by atoms with Crippen LogP contribution in [0.4, 0.5) is 0 Å². The molecule has 1 rings (SSSR count). The Morgan fingerprint density at radius 1 is 2.00 bits per heavy atom. The minimum atomic E-state index is -0.856. The maximum Gasteiger partial charge on any atom is 0.219 e. The van der Waals surface area contributed by atoms with Gasteiger partial charge in [-0.15, -0.1) is 0 Å². The van der Waals surface area contributed by atoms with E-state index in [0.717, 1.165) is 0 Å². The van der Waals surface area contributed by atoms with Crippen LogP contribution in [0.5, 0.6) is 0 Å². The maximum atomic E-state index is 10.0. The molecule has 0 spiro atoms. The monoisotopic (exact) mass is 86.0 g/mol. The van der Waals surface area contributed by atoms with Crippen LogP contribution in [0.15, 0.2) is 4.99 Å². The number of rotatable bonds is 0. The topological polar surface area (TPSA) is 41.5 Å². The standard InChI is InChI=1S/C3H4NO2/c5-3-1-6-2-4-3/h2-3H,1H2. The van der Waals surface area contributed by atoms with Crippen LogP contribution in [0.1, 0.15) is 0 Å². The second-order valence-electron chi connectivity index (χ2n) is 1.04. The lowest BCUT2D eigenvalue weighted by molar-refractivity contribution is 0.0708. The van der Waals surface area contributed by atoms with Crippen LogP contribution >= 0.6 is 0 Å². The third kappa shape index (κ3) is 0.490. The van der Waals surface area contributed by atoms with Gasteiger partial charge in [-0.2, -0.15) is 0 Å². The van der Waals surface area contributed by atoms with Crippen molar-refractivity contribution in [2.75, 3.05) is 6.61 Å². The van der Waals surface area contributed by atoms with Crippen LogP contribution in [-0.4, -0.2) is 19.2 Å². The molecule has 3 nitrogen and oxygen atoms in total. The van der Waals surface area contributed by atoms with Crippen molar-refractivity contribution in [1.29, 1.82) is 0 Å². The van der Waals surface area contributed by atoms with Gasteiger partial charge in [0, 0.05) is 0 Å². The molecule has 1 atom stereocenters. The fraction of sp³-hybridized carbons (Fsp3) is 0.667. The van der Waals surface area contributed by atoms with Crippen molar-refractivity contribution in [2.24, 2.45) is 4.99 Å². The van der Waals surface area contributed by atoms with E-state index in [4.69, 9.17) is 0 Å². The fourth-order valence-electron chi connectivity index (χ4n) is 0.279. The van der Waals surface area contributed by atoms with Gasteiger partial charge in [-0.05, 0) is 0 Å².